The second kappa shape index (κ2) is 5.71. The Morgan fingerprint density at radius 3 is 2.40 bits per heavy atom. The molecule has 1 nitrogen and oxygen atoms in total. The van der Waals surface area contributed by atoms with Crippen LogP contribution in [0.3, 0.4) is 0 Å². The normalized spacial score (nSPS) is 11.4. The number of rotatable bonds is 3. The van der Waals surface area contributed by atoms with Crippen molar-refractivity contribution in [3.63, 3.8) is 0 Å². The van der Waals surface area contributed by atoms with Crippen LogP contribution in [0.25, 0.3) is 11.1 Å². The van der Waals surface area contributed by atoms with E-state index < -0.39 is 17.9 Å². The molecular formula is C14H9ClF4O. The van der Waals surface area contributed by atoms with Gasteiger partial charge in [0.15, 0.2) is 0 Å². The van der Waals surface area contributed by atoms with E-state index in [-0.39, 0.29) is 11.4 Å². The summed E-state index contributed by atoms with van der Waals surface area (Å²) in [5, 5.41) is 0. The molecule has 0 amide bonds. The van der Waals surface area contributed by atoms with Crippen molar-refractivity contribution in [2.45, 2.75) is 12.2 Å². The molecule has 0 heterocycles. The van der Waals surface area contributed by atoms with Gasteiger partial charge in [0.25, 0.3) is 0 Å². The smallest absolute Gasteiger partial charge is 0.406 e. The van der Waals surface area contributed by atoms with Crippen LogP contribution < -0.4 is 4.74 Å². The maximum absolute atomic E-state index is 13.9. The molecule has 106 valence electrons. The molecule has 0 aliphatic rings. The van der Waals surface area contributed by atoms with Crippen molar-refractivity contribution in [3.8, 4) is 16.9 Å². The van der Waals surface area contributed by atoms with Crippen LogP contribution in [0.5, 0.6) is 5.75 Å². The molecule has 0 spiro atoms. The zero-order valence-corrected chi connectivity index (χ0v) is 10.8. The van der Waals surface area contributed by atoms with E-state index in [2.05, 4.69) is 4.74 Å². The molecule has 0 bridgehead atoms. The van der Waals surface area contributed by atoms with Gasteiger partial charge in [-0.1, -0.05) is 24.3 Å². The Hall–Kier alpha value is -1.75. The highest BCUT2D eigenvalue weighted by atomic mass is 35.5. The van der Waals surface area contributed by atoms with Crippen LogP contribution in [0.1, 0.15) is 5.56 Å². The molecule has 6 heteroatoms. The van der Waals surface area contributed by atoms with Crippen LogP contribution in [0, 0.1) is 5.82 Å². The first kappa shape index (κ1) is 14.7. The van der Waals surface area contributed by atoms with E-state index in [1.54, 1.807) is 6.07 Å². The van der Waals surface area contributed by atoms with Gasteiger partial charge in [-0.2, -0.15) is 0 Å². The zero-order valence-electron chi connectivity index (χ0n) is 10.0. The molecular weight excluding hydrogens is 296 g/mol. The van der Waals surface area contributed by atoms with E-state index in [4.69, 9.17) is 11.6 Å². The Morgan fingerprint density at radius 1 is 1.05 bits per heavy atom. The van der Waals surface area contributed by atoms with Gasteiger partial charge in [0.2, 0.25) is 0 Å². The molecule has 0 atom stereocenters. The van der Waals surface area contributed by atoms with E-state index in [0.29, 0.717) is 11.1 Å². The lowest BCUT2D eigenvalue weighted by molar-refractivity contribution is -0.274. The lowest BCUT2D eigenvalue weighted by Crippen LogP contribution is -2.17. The maximum atomic E-state index is 13.9. The quantitative estimate of drug-likeness (QED) is 0.564. The van der Waals surface area contributed by atoms with Crippen LogP contribution in [-0.4, -0.2) is 6.36 Å². The summed E-state index contributed by atoms with van der Waals surface area (Å²) in [6.07, 6.45) is -4.78. The average Bonchev–Trinajstić information content (AvgIpc) is 2.36. The second-order valence-electron chi connectivity index (χ2n) is 4.02. The van der Waals surface area contributed by atoms with Gasteiger partial charge in [0.1, 0.15) is 11.6 Å². The minimum atomic E-state index is -4.78. The van der Waals surface area contributed by atoms with Gasteiger partial charge in [-0.15, -0.1) is 24.8 Å². The number of hydrogen-bond donors (Lipinski definition) is 0. The van der Waals surface area contributed by atoms with Crippen molar-refractivity contribution in [2.24, 2.45) is 0 Å². The topological polar surface area (TPSA) is 9.23 Å². The summed E-state index contributed by atoms with van der Waals surface area (Å²) >= 11 is 5.58. The van der Waals surface area contributed by atoms with Crippen LogP contribution in [0.2, 0.25) is 0 Å². The third-order valence-corrected chi connectivity index (χ3v) is 2.88. The average molecular weight is 305 g/mol. The first-order valence-electron chi connectivity index (χ1n) is 5.59. The van der Waals surface area contributed by atoms with Crippen molar-refractivity contribution >= 4 is 11.6 Å². The highest BCUT2D eigenvalue weighted by Crippen LogP contribution is 2.29. The molecule has 0 aromatic heterocycles. The molecule has 0 saturated carbocycles. The molecule has 0 unspecified atom stereocenters. The van der Waals surface area contributed by atoms with E-state index in [9.17, 15) is 17.6 Å². The van der Waals surface area contributed by atoms with Crippen molar-refractivity contribution in [3.05, 3.63) is 53.8 Å². The fraction of sp³-hybridized carbons (Fsp3) is 0.143. The van der Waals surface area contributed by atoms with Crippen molar-refractivity contribution in [1.29, 1.82) is 0 Å². The first-order valence-corrected chi connectivity index (χ1v) is 6.13. The highest BCUT2D eigenvalue weighted by molar-refractivity contribution is 6.17. The molecule has 20 heavy (non-hydrogen) atoms. The Bertz CT molecular complexity index is 610. The van der Waals surface area contributed by atoms with Crippen LogP contribution in [0.4, 0.5) is 17.6 Å². The predicted octanol–water partition coefficient (Wildman–Crippen LogP) is 5.13. The van der Waals surface area contributed by atoms with Crippen LogP contribution >= 0.6 is 11.6 Å². The molecule has 0 aliphatic heterocycles. The Kier molecular flexibility index (Phi) is 4.18. The third kappa shape index (κ3) is 3.63. The highest BCUT2D eigenvalue weighted by Gasteiger charge is 2.31. The minimum absolute atomic E-state index is 0.161. The Labute approximate surface area is 117 Å². The molecule has 0 saturated heterocycles. The van der Waals surface area contributed by atoms with E-state index in [0.717, 1.165) is 12.1 Å². The number of ether oxygens (including phenoxy) is 1. The molecule has 0 fully saturated rings. The van der Waals surface area contributed by atoms with Gasteiger partial charge >= 0.3 is 6.36 Å². The van der Waals surface area contributed by atoms with Gasteiger partial charge < -0.3 is 4.74 Å². The lowest BCUT2D eigenvalue weighted by Gasteiger charge is -2.10. The molecule has 0 radical (unpaired) electrons. The minimum Gasteiger partial charge on any atom is -0.406 e. The Morgan fingerprint density at radius 2 is 1.80 bits per heavy atom. The van der Waals surface area contributed by atoms with E-state index in [1.165, 1.54) is 24.3 Å². The van der Waals surface area contributed by atoms with Crippen molar-refractivity contribution < 1.29 is 22.3 Å². The largest absolute Gasteiger partial charge is 0.573 e. The fourth-order valence-corrected chi connectivity index (χ4v) is 1.90. The molecule has 0 N–H and O–H groups in total. The third-order valence-electron chi connectivity index (χ3n) is 2.57. The van der Waals surface area contributed by atoms with Gasteiger partial charge in [0.05, 0.1) is 0 Å². The number of benzene rings is 2. The molecule has 2 aromatic rings. The van der Waals surface area contributed by atoms with Gasteiger partial charge in [0, 0.05) is 11.4 Å². The van der Waals surface area contributed by atoms with Gasteiger partial charge in [-0.05, 0) is 29.3 Å². The number of hydrogen-bond acceptors (Lipinski definition) is 1. The fourth-order valence-electron chi connectivity index (χ4n) is 1.74. The van der Waals surface area contributed by atoms with E-state index >= 15 is 0 Å². The van der Waals surface area contributed by atoms with Crippen LogP contribution in [0.15, 0.2) is 42.5 Å². The predicted molar refractivity (Wildman–Crippen MR) is 68.1 cm³/mol. The maximum Gasteiger partial charge on any atom is 0.573 e. The summed E-state index contributed by atoms with van der Waals surface area (Å²) in [6, 6.07) is 9.49. The summed E-state index contributed by atoms with van der Waals surface area (Å²) in [5.74, 6) is -0.780. The number of alkyl halides is 4. The molecule has 2 rings (SSSR count). The second-order valence-corrected chi connectivity index (χ2v) is 4.29. The van der Waals surface area contributed by atoms with Crippen molar-refractivity contribution in [1.82, 2.24) is 0 Å². The summed E-state index contributed by atoms with van der Waals surface area (Å²) in [7, 11) is 0. The summed E-state index contributed by atoms with van der Waals surface area (Å²) < 4.78 is 54.1. The summed E-state index contributed by atoms with van der Waals surface area (Å²) in [4.78, 5) is 0. The standard InChI is InChI=1S/C14H9ClF4O/c15-8-9-4-5-12(13(16)6-9)10-2-1-3-11(7-10)20-14(17,18)19/h1-7H,8H2. The van der Waals surface area contributed by atoms with Crippen molar-refractivity contribution in [2.75, 3.05) is 0 Å². The zero-order chi connectivity index (χ0) is 14.8. The van der Waals surface area contributed by atoms with Gasteiger partial charge in [-0.25, -0.2) is 4.39 Å². The van der Waals surface area contributed by atoms with Crippen LogP contribution in [-0.2, 0) is 5.88 Å². The first-order chi connectivity index (χ1) is 9.39. The SMILES string of the molecule is Fc1cc(CCl)ccc1-c1cccc(OC(F)(F)F)c1. The lowest BCUT2D eigenvalue weighted by atomic mass is 10.0. The molecule has 2 aromatic carbocycles. The molecule has 0 aliphatic carbocycles. The van der Waals surface area contributed by atoms with Gasteiger partial charge in [-0.3, -0.25) is 0 Å². The summed E-state index contributed by atoms with van der Waals surface area (Å²) in [5.41, 5.74) is 1.08. The summed E-state index contributed by atoms with van der Waals surface area (Å²) in [6.45, 7) is 0. The number of halogens is 5. The Balaban J connectivity index is 2.36. The van der Waals surface area contributed by atoms with E-state index in [1.807, 2.05) is 0 Å². The monoisotopic (exact) mass is 304 g/mol.